The van der Waals surface area contributed by atoms with Crippen molar-refractivity contribution in [3.8, 4) is 5.75 Å². The molecule has 2 atom stereocenters. The number of rotatable bonds is 5. The molecule has 3 rings (SSSR count). The molecule has 0 aromatic heterocycles. The molecule has 0 radical (unpaired) electrons. The number of carbonyl (C=O) groups is 2. The van der Waals surface area contributed by atoms with Gasteiger partial charge in [-0.1, -0.05) is 24.6 Å². The van der Waals surface area contributed by atoms with Crippen LogP contribution in [-0.2, 0) is 9.59 Å². The first-order chi connectivity index (χ1) is 12.9. The average Bonchev–Trinajstić information content (AvgIpc) is 2.61. The predicted octanol–water partition coefficient (Wildman–Crippen LogP) is 1.60. The van der Waals surface area contributed by atoms with Crippen LogP contribution in [0.15, 0.2) is 18.2 Å². The number of benzene rings is 1. The molecule has 6 heteroatoms. The molecule has 2 heterocycles. The lowest BCUT2D eigenvalue weighted by Crippen LogP contribution is -2.56. The van der Waals surface area contributed by atoms with E-state index in [4.69, 9.17) is 4.74 Å². The number of ether oxygens (including phenoxy) is 1. The van der Waals surface area contributed by atoms with E-state index in [-0.39, 0.29) is 17.7 Å². The highest BCUT2D eigenvalue weighted by molar-refractivity contribution is 5.82. The summed E-state index contributed by atoms with van der Waals surface area (Å²) in [7, 11) is 0. The van der Waals surface area contributed by atoms with Crippen LogP contribution in [0.5, 0.6) is 5.75 Å². The van der Waals surface area contributed by atoms with Gasteiger partial charge in [-0.3, -0.25) is 9.59 Å². The lowest BCUT2D eigenvalue weighted by atomic mass is 9.88. The maximum absolute atomic E-state index is 12.7. The van der Waals surface area contributed by atoms with Crippen molar-refractivity contribution >= 4 is 11.8 Å². The van der Waals surface area contributed by atoms with Gasteiger partial charge in [-0.25, -0.2) is 0 Å². The molecule has 2 unspecified atom stereocenters. The first-order valence-corrected chi connectivity index (χ1v) is 9.89. The third-order valence-electron chi connectivity index (χ3n) is 5.79. The van der Waals surface area contributed by atoms with Crippen molar-refractivity contribution in [1.29, 1.82) is 0 Å². The summed E-state index contributed by atoms with van der Waals surface area (Å²) in [5.41, 5.74) is 2.20. The Bertz CT molecular complexity index is 694. The molecule has 0 aliphatic carbocycles. The maximum Gasteiger partial charge on any atom is 0.263 e. The Morgan fingerprint density at radius 3 is 2.15 bits per heavy atom. The Hall–Kier alpha value is -2.08. The maximum atomic E-state index is 12.7. The molecule has 2 aliphatic rings. The number of carbonyl (C=O) groups excluding carboxylic acids is 2. The van der Waals surface area contributed by atoms with Crippen LogP contribution in [0.2, 0.25) is 0 Å². The average molecular weight is 373 g/mol. The normalized spacial score (nSPS) is 20.0. The van der Waals surface area contributed by atoms with Gasteiger partial charge in [0.15, 0.2) is 6.10 Å². The SMILES string of the molecule is Cc1ccc(OC(C)C(=O)N2CCN(C(=O)C(C)C3CNC3)CC2)c(C)c1. The third kappa shape index (κ3) is 4.43. The number of aryl methyl sites for hydroxylation is 2. The van der Waals surface area contributed by atoms with Gasteiger partial charge in [-0.15, -0.1) is 0 Å². The van der Waals surface area contributed by atoms with E-state index in [1.807, 2.05) is 42.7 Å². The van der Waals surface area contributed by atoms with Gasteiger partial charge in [0.05, 0.1) is 0 Å². The fourth-order valence-electron chi connectivity index (χ4n) is 3.73. The standard InChI is InChI=1S/C21H31N3O3/c1-14-5-6-19(15(2)11-14)27-17(4)21(26)24-9-7-23(8-10-24)20(25)16(3)18-12-22-13-18/h5-6,11,16-18,22H,7-10,12-13H2,1-4H3. The van der Waals surface area contributed by atoms with Crippen LogP contribution in [0, 0.1) is 25.7 Å². The summed E-state index contributed by atoms with van der Waals surface area (Å²) in [5, 5.41) is 3.22. The molecular formula is C21H31N3O3. The van der Waals surface area contributed by atoms with E-state index in [1.54, 1.807) is 6.92 Å². The van der Waals surface area contributed by atoms with Crippen LogP contribution >= 0.6 is 0 Å². The second kappa shape index (κ2) is 8.30. The number of amides is 2. The molecule has 1 aromatic carbocycles. The van der Waals surface area contributed by atoms with Gasteiger partial charge >= 0.3 is 0 Å². The van der Waals surface area contributed by atoms with Gasteiger partial charge in [-0.2, -0.15) is 0 Å². The molecule has 0 saturated carbocycles. The highest BCUT2D eigenvalue weighted by atomic mass is 16.5. The Kier molecular flexibility index (Phi) is 6.05. The quantitative estimate of drug-likeness (QED) is 0.852. The third-order valence-corrected chi connectivity index (χ3v) is 5.79. The van der Waals surface area contributed by atoms with E-state index in [0.717, 1.165) is 24.4 Å². The zero-order valence-corrected chi connectivity index (χ0v) is 16.8. The highest BCUT2D eigenvalue weighted by Crippen LogP contribution is 2.22. The van der Waals surface area contributed by atoms with Gasteiger partial charge in [0, 0.05) is 32.1 Å². The van der Waals surface area contributed by atoms with Crippen LogP contribution in [0.25, 0.3) is 0 Å². The van der Waals surface area contributed by atoms with Crippen molar-refractivity contribution in [2.75, 3.05) is 39.3 Å². The zero-order chi connectivity index (χ0) is 19.6. The predicted molar refractivity (Wildman–Crippen MR) is 105 cm³/mol. The molecule has 27 heavy (non-hydrogen) atoms. The van der Waals surface area contributed by atoms with Crippen LogP contribution in [-0.4, -0.2) is 67.0 Å². The van der Waals surface area contributed by atoms with Crippen molar-refractivity contribution in [1.82, 2.24) is 15.1 Å². The number of hydrogen-bond acceptors (Lipinski definition) is 4. The minimum atomic E-state index is -0.534. The molecule has 148 valence electrons. The summed E-state index contributed by atoms with van der Waals surface area (Å²) in [5.74, 6) is 1.45. The van der Waals surface area contributed by atoms with Crippen molar-refractivity contribution in [3.63, 3.8) is 0 Å². The molecule has 2 fully saturated rings. The van der Waals surface area contributed by atoms with Gasteiger partial charge in [0.1, 0.15) is 5.75 Å². The summed E-state index contributed by atoms with van der Waals surface area (Å²) in [6, 6.07) is 5.96. The Labute approximate surface area is 161 Å². The van der Waals surface area contributed by atoms with Crippen molar-refractivity contribution in [3.05, 3.63) is 29.3 Å². The molecular weight excluding hydrogens is 342 g/mol. The lowest BCUT2D eigenvalue weighted by molar-refractivity contribution is -0.146. The van der Waals surface area contributed by atoms with Crippen LogP contribution in [0.4, 0.5) is 0 Å². The van der Waals surface area contributed by atoms with E-state index in [0.29, 0.717) is 32.1 Å². The monoisotopic (exact) mass is 373 g/mol. The van der Waals surface area contributed by atoms with Gasteiger partial charge in [0.25, 0.3) is 5.91 Å². The fraction of sp³-hybridized carbons (Fsp3) is 0.619. The van der Waals surface area contributed by atoms with Gasteiger partial charge in [-0.05, 0) is 51.4 Å². The van der Waals surface area contributed by atoms with Crippen molar-refractivity contribution in [2.24, 2.45) is 11.8 Å². The molecule has 2 amide bonds. The topological polar surface area (TPSA) is 61.9 Å². The smallest absolute Gasteiger partial charge is 0.263 e. The number of nitrogens with one attached hydrogen (secondary N) is 1. The van der Waals surface area contributed by atoms with Crippen molar-refractivity contribution in [2.45, 2.75) is 33.8 Å². The van der Waals surface area contributed by atoms with Crippen LogP contribution in [0.3, 0.4) is 0 Å². The van der Waals surface area contributed by atoms with Crippen LogP contribution < -0.4 is 10.1 Å². The fourth-order valence-corrected chi connectivity index (χ4v) is 3.73. The van der Waals surface area contributed by atoms with Crippen LogP contribution in [0.1, 0.15) is 25.0 Å². The first kappa shape index (κ1) is 19.7. The number of hydrogen-bond donors (Lipinski definition) is 1. The van der Waals surface area contributed by atoms with E-state index >= 15 is 0 Å². The summed E-state index contributed by atoms with van der Waals surface area (Å²) in [4.78, 5) is 29.1. The molecule has 0 spiro atoms. The minimum absolute atomic E-state index is 0.0154. The van der Waals surface area contributed by atoms with E-state index < -0.39 is 6.10 Å². The van der Waals surface area contributed by atoms with Gasteiger partial charge < -0.3 is 19.9 Å². The van der Waals surface area contributed by atoms with Crippen molar-refractivity contribution < 1.29 is 14.3 Å². The van der Waals surface area contributed by atoms with E-state index in [9.17, 15) is 9.59 Å². The first-order valence-electron chi connectivity index (χ1n) is 9.89. The molecule has 6 nitrogen and oxygen atoms in total. The summed E-state index contributed by atoms with van der Waals surface area (Å²) < 4.78 is 5.90. The largest absolute Gasteiger partial charge is 0.481 e. The molecule has 0 bridgehead atoms. The highest BCUT2D eigenvalue weighted by Gasteiger charge is 2.34. The van der Waals surface area contributed by atoms with Gasteiger partial charge in [0.2, 0.25) is 5.91 Å². The molecule has 1 N–H and O–H groups in total. The molecule has 1 aromatic rings. The number of piperazine rings is 1. The summed E-state index contributed by atoms with van der Waals surface area (Å²) >= 11 is 0. The lowest BCUT2D eigenvalue weighted by Gasteiger charge is -2.39. The molecule has 2 aliphatic heterocycles. The molecule has 2 saturated heterocycles. The second-order valence-electron chi connectivity index (χ2n) is 7.89. The zero-order valence-electron chi connectivity index (χ0n) is 16.8. The Morgan fingerprint density at radius 1 is 1.04 bits per heavy atom. The Morgan fingerprint density at radius 2 is 1.63 bits per heavy atom. The van der Waals surface area contributed by atoms with E-state index in [2.05, 4.69) is 11.4 Å². The Balaban J connectivity index is 1.50. The number of nitrogens with zero attached hydrogens (tertiary/aromatic N) is 2. The van der Waals surface area contributed by atoms with E-state index in [1.165, 1.54) is 5.56 Å². The summed E-state index contributed by atoms with van der Waals surface area (Å²) in [6.07, 6.45) is -0.534. The summed E-state index contributed by atoms with van der Waals surface area (Å²) in [6.45, 7) is 12.0. The second-order valence-corrected chi connectivity index (χ2v) is 7.89. The minimum Gasteiger partial charge on any atom is -0.481 e.